The number of carbonyl (C=O) groups excluding carboxylic acids is 2. The summed E-state index contributed by atoms with van der Waals surface area (Å²) in [6.45, 7) is -0.102. The fraction of sp³-hybridized carbons (Fsp3) is 0.200. The highest BCUT2D eigenvalue weighted by molar-refractivity contribution is 8.33. The van der Waals surface area contributed by atoms with E-state index in [-0.39, 0.29) is 12.5 Å². The number of nitrogens with one attached hydrogen (secondary N) is 1. The molecule has 0 bridgehead atoms. The second kappa shape index (κ2) is 6.65. The fourth-order valence-electron chi connectivity index (χ4n) is 1.06. The molecule has 0 radical (unpaired) electrons. The molecule has 0 saturated carbocycles. The van der Waals surface area contributed by atoms with E-state index < -0.39 is 5.97 Å². The van der Waals surface area contributed by atoms with Crippen LogP contribution in [0.25, 0.3) is 0 Å². The van der Waals surface area contributed by atoms with E-state index in [1.54, 1.807) is 28.9 Å². The topological polar surface area (TPSA) is 55.4 Å². The number of carbonyl (C=O) groups is 2. The van der Waals surface area contributed by atoms with E-state index in [1.807, 2.05) is 10.8 Å². The minimum atomic E-state index is -0.454. The van der Waals surface area contributed by atoms with E-state index in [0.717, 1.165) is 4.24 Å². The number of esters is 1. The minimum Gasteiger partial charge on any atom is -0.468 e. The zero-order valence-corrected chi connectivity index (χ0v) is 12.6. The standard InChI is InChI=1S/C10H9NO3S4/c1-14-7(12)4-11-8(13)6-5-17-10(18-6)9-15-2-3-16-9/h2-3,5H,4H2,1H3,(H,11,13). The summed E-state index contributed by atoms with van der Waals surface area (Å²) in [5, 5.41) is 8.36. The van der Waals surface area contributed by atoms with Gasteiger partial charge in [0, 0.05) is 0 Å². The first-order valence-corrected chi connectivity index (χ1v) is 8.28. The molecule has 96 valence electrons. The Morgan fingerprint density at radius 1 is 1.22 bits per heavy atom. The van der Waals surface area contributed by atoms with Crippen molar-refractivity contribution in [2.24, 2.45) is 0 Å². The van der Waals surface area contributed by atoms with Gasteiger partial charge in [-0.05, 0) is 16.2 Å². The van der Waals surface area contributed by atoms with E-state index in [4.69, 9.17) is 0 Å². The van der Waals surface area contributed by atoms with Crippen molar-refractivity contribution in [2.75, 3.05) is 13.7 Å². The number of rotatable bonds is 3. The number of hydrogen-bond donors (Lipinski definition) is 1. The summed E-state index contributed by atoms with van der Waals surface area (Å²) in [6.07, 6.45) is 0. The lowest BCUT2D eigenvalue weighted by atomic mass is 10.5. The van der Waals surface area contributed by atoms with Crippen LogP contribution < -0.4 is 5.32 Å². The van der Waals surface area contributed by atoms with Crippen LogP contribution >= 0.6 is 47.0 Å². The number of methoxy groups -OCH3 is 1. The molecule has 0 spiro atoms. The van der Waals surface area contributed by atoms with Crippen LogP contribution in [0.4, 0.5) is 0 Å². The predicted molar refractivity (Wildman–Crippen MR) is 79.6 cm³/mol. The lowest BCUT2D eigenvalue weighted by Gasteiger charge is -2.04. The van der Waals surface area contributed by atoms with Gasteiger partial charge in [0.2, 0.25) is 0 Å². The third-order valence-corrected chi connectivity index (χ3v) is 6.91. The van der Waals surface area contributed by atoms with E-state index >= 15 is 0 Å². The Balaban J connectivity index is 1.86. The lowest BCUT2D eigenvalue weighted by Crippen LogP contribution is -2.30. The number of ether oxygens (including phenoxy) is 1. The van der Waals surface area contributed by atoms with Crippen LogP contribution in [-0.4, -0.2) is 25.5 Å². The smallest absolute Gasteiger partial charge is 0.325 e. The highest BCUT2D eigenvalue weighted by Crippen LogP contribution is 2.52. The molecular formula is C10H9NO3S4. The molecule has 0 aliphatic carbocycles. The third-order valence-electron chi connectivity index (χ3n) is 1.89. The van der Waals surface area contributed by atoms with Gasteiger partial charge >= 0.3 is 5.97 Å². The molecule has 2 aliphatic rings. The van der Waals surface area contributed by atoms with Crippen LogP contribution in [0.3, 0.4) is 0 Å². The molecule has 0 unspecified atom stereocenters. The van der Waals surface area contributed by atoms with Crippen molar-refractivity contribution in [1.82, 2.24) is 5.32 Å². The molecule has 8 heteroatoms. The lowest BCUT2D eigenvalue weighted by molar-refractivity contribution is -0.140. The first-order chi connectivity index (χ1) is 8.70. The van der Waals surface area contributed by atoms with E-state index in [0.29, 0.717) is 4.91 Å². The van der Waals surface area contributed by atoms with E-state index in [2.05, 4.69) is 10.1 Å². The van der Waals surface area contributed by atoms with Crippen LogP contribution in [0.5, 0.6) is 0 Å². The summed E-state index contributed by atoms with van der Waals surface area (Å²) in [4.78, 5) is 23.3. The number of thioether (sulfide) groups is 4. The molecule has 4 nitrogen and oxygen atoms in total. The van der Waals surface area contributed by atoms with Crippen molar-refractivity contribution >= 4 is 58.9 Å². The molecule has 0 aromatic heterocycles. The molecule has 0 aromatic rings. The maximum Gasteiger partial charge on any atom is 0.325 e. The summed E-state index contributed by atoms with van der Waals surface area (Å²) in [7, 11) is 1.29. The van der Waals surface area contributed by atoms with Crippen molar-refractivity contribution < 1.29 is 14.3 Å². The van der Waals surface area contributed by atoms with Crippen LogP contribution in [0.15, 0.2) is 29.6 Å². The van der Waals surface area contributed by atoms with Gasteiger partial charge in [0.05, 0.1) is 20.5 Å². The molecule has 1 amide bonds. The second-order valence-electron chi connectivity index (χ2n) is 3.04. The van der Waals surface area contributed by atoms with Crippen molar-refractivity contribution in [3.63, 3.8) is 0 Å². The van der Waals surface area contributed by atoms with Crippen LogP contribution in [-0.2, 0) is 14.3 Å². The summed E-state index contributed by atoms with van der Waals surface area (Å²) in [5.41, 5.74) is 0. The Labute approximate surface area is 121 Å². The van der Waals surface area contributed by atoms with Crippen molar-refractivity contribution in [3.8, 4) is 0 Å². The van der Waals surface area contributed by atoms with Crippen molar-refractivity contribution in [3.05, 3.63) is 29.6 Å². The molecule has 2 aliphatic heterocycles. The zero-order valence-electron chi connectivity index (χ0n) is 9.30. The van der Waals surface area contributed by atoms with Gasteiger partial charge in [-0.25, -0.2) is 0 Å². The Morgan fingerprint density at radius 2 is 1.94 bits per heavy atom. The Morgan fingerprint density at radius 3 is 2.61 bits per heavy atom. The predicted octanol–water partition coefficient (Wildman–Crippen LogP) is 2.67. The maximum atomic E-state index is 11.8. The van der Waals surface area contributed by atoms with Gasteiger partial charge < -0.3 is 10.1 Å². The molecular weight excluding hydrogens is 310 g/mol. The van der Waals surface area contributed by atoms with Gasteiger partial charge in [0.1, 0.15) is 6.54 Å². The van der Waals surface area contributed by atoms with E-state index in [9.17, 15) is 9.59 Å². The molecule has 0 atom stereocenters. The average Bonchev–Trinajstić information content (AvgIpc) is 3.04. The van der Waals surface area contributed by atoms with Crippen LogP contribution in [0.2, 0.25) is 0 Å². The van der Waals surface area contributed by atoms with Crippen molar-refractivity contribution in [1.29, 1.82) is 0 Å². The minimum absolute atomic E-state index is 0.102. The molecule has 1 N–H and O–H groups in total. The molecule has 18 heavy (non-hydrogen) atoms. The van der Waals surface area contributed by atoms with Gasteiger partial charge in [-0.3, -0.25) is 9.59 Å². The highest BCUT2D eigenvalue weighted by atomic mass is 32.2. The zero-order chi connectivity index (χ0) is 13.0. The Kier molecular flexibility index (Phi) is 5.16. The van der Waals surface area contributed by atoms with Gasteiger partial charge in [-0.1, -0.05) is 47.0 Å². The average molecular weight is 319 g/mol. The maximum absolute atomic E-state index is 11.8. The molecule has 2 rings (SSSR count). The molecule has 2 heterocycles. The van der Waals surface area contributed by atoms with Crippen LogP contribution in [0.1, 0.15) is 0 Å². The van der Waals surface area contributed by atoms with Gasteiger partial charge in [0.25, 0.3) is 5.91 Å². The number of hydrogen-bond acceptors (Lipinski definition) is 7. The summed E-state index contributed by atoms with van der Waals surface area (Å²) in [6, 6.07) is 0. The summed E-state index contributed by atoms with van der Waals surface area (Å²) >= 11 is 6.28. The summed E-state index contributed by atoms with van der Waals surface area (Å²) in [5.74, 6) is -0.696. The van der Waals surface area contributed by atoms with Crippen LogP contribution in [0, 0.1) is 0 Å². The van der Waals surface area contributed by atoms with Gasteiger partial charge in [-0.15, -0.1) is 0 Å². The quantitative estimate of drug-likeness (QED) is 0.803. The van der Waals surface area contributed by atoms with Gasteiger partial charge in [-0.2, -0.15) is 0 Å². The number of amides is 1. The molecule has 0 fully saturated rings. The fourth-order valence-corrected chi connectivity index (χ4v) is 5.42. The SMILES string of the molecule is COC(=O)CNC(=O)C1=CSC(=C2SC=CS2)S1. The summed E-state index contributed by atoms with van der Waals surface area (Å²) < 4.78 is 6.76. The van der Waals surface area contributed by atoms with Crippen molar-refractivity contribution in [2.45, 2.75) is 0 Å². The first kappa shape index (κ1) is 14.0. The Hall–Kier alpha value is -0.440. The highest BCUT2D eigenvalue weighted by Gasteiger charge is 2.23. The largest absolute Gasteiger partial charge is 0.468 e. The van der Waals surface area contributed by atoms with E-state index in [1.165, 1.54) is 34.9 Å². The third kappa shape index (κ3) is 3.53. The monoisotopic (exact) mass is 319 g/mol. The first-order valence-electron chi connectivity index (χ1n) is 4.83. The normalized spacial score (nSPS) is 17.9. The second-order valence-corrected chi connectivity index (χ2v) is 7.32. The molecule has 0 saturated heterocycles. The Bertz CT molecular complexity index is 460. The molecule has 0 aromatic carbocycles. The van der Waals surface area contributed by atoms with Gasteiger partial charge in [0.15, 0.2) is 0 Å².